The van der Waals surface area contributed by atoms with Crippen molar-refractivity contribution in [2.45, 2.75) is 25.8 Å². The summed E-state index contributed by atoms with van der Waals surface area (Å²) in [5.41, 5.74) is 3.59. The zero-order valence-electron chi connectivity index (χ0n) is 12.4. The number of benzene rings is 1. The largest absolute Gasteiger partial charge is 0.496 e. The number of pyridine rings is 1. The molecule has 0 aliphatic carbocycles. The highest BCUT2D eigenvalue weighted by Gasteiger charge is 2.14. The Kier molecular flexibility index (Phi) is 5.13. The summed E-state index contributed by atoms with van der Waals surface area (Å²) < 4.78 is 5.48. The lowest BCUT2D eigenvalue weighted by molar-refractivity contribution is 0.398. The van der Waals surface area contributed by atoms with E-state index in [9.17, 15) is 0 Å². The molecule has 0 fully saturated rings. The molecular formula is C17H22N2O. The molecular weight excluding hydrogens is 248 g/mol. The van der Waals surface area contributed by atoms with E-state index in [1.807, 2.05) is 31.4 Å². The molecule has 0 amide bonds. The van der Waals surface area contributed by atoms with Crippen molar-refractivity contribution in [1.82, 2.24) is 10.3 Å². The summed E-state index contributed by atoms with van der Waals surface area (Å²) >= 11 is 0. The standard InChI is InChI=1S/C17H22N2O/c1-13-7-10-17(20-3)15(12-13)16(18-2)9-8-14-6-4-5-11-19-14/h4-7,10-12,16,18H,8-9H2,1-3H3. The number of nitrogens with zero attached hydrogens (tertiary/aromatic N) is 1. The topological polar surface area (TPSA) is 34.2 Å². The van der Waals surface area contributed by atoms with Gasteiger partial charge in [-0.05, 0) is 45.0 Å². The molecule has 1 N–H and O–H groups in total. The Hall–Kier alpha value is -1.87. The highest BCUT2D eigenvalue weighted by atomic mass is 16.5. The fourth-order valence-electron chi connectivity index (χ4n) is 2.42. The Bertz CT molecular complexity index is 540. The van der Waals surface area contributed by atoms with Crippen LogP contribution in [0.2, 0.25) is 0 Å². The van der Waals surface area contributed by atoms with Crippen molar-refractivity contribution >= 4 is 0 Å². The van der Waals surface area contributed by atoms with Gasteiger partial charge in [0.15, 0.2) is 0 Å². The third-order valence-electron chi connectivity index (χ3n) is 3.52. The molecule has 3 heteroatoms. The first-order valence-electron chi connectivity index (χ1n) is 6.96. The van der Waals surface area contributed by atoms with Crippen molar-refractivity contribution in [2.24, 2.45) is 0 Å². The third-order valence-corrected chi connectivity index (χ3v) is 3.52. The zero-order valence-corrected chi connectivity index (χ0v) is 12.4. The van der Waals surface area contributed by atoms with Crippen LogP contribution in [0.5, 0.6) is 5.75 Å². The molecule has 0 radical (unpaired) electrons. The maximum Gasteiger partial charge on any atom is 0.123 e. The predicted octanol–water partition coefficient (Wildman–Crippen LogP) is 3.29. The van der Waals surface area contributed by atoms with E-state index in [2.05, 4.69) is 35.4 Å². The van der Waals surface area contributed by atoms with Gasteiger partial charge in [0, 0.05) is 23.5 Å². The maximum absolute atomic E-state index is 5.48. The highest BCUT2D eigenvalue weighted by Crippen LogP contribution is 2.28. The minimum absolute atomic E-state index is 0.270. The van der Waals surface area contributed by atoms with Gasteiger partial charge in [0.05, 0.1) is 7.11 Å². The summed E-state index contributed by atoms with van der Waals surface area (Å²) in [6, 6.07) is 12.6. The monoisotopic (exact) mass is 270 g/mol. The molecule has 0 aliphatic heterocycles. The molecule has 0 saturated heterocycles. The van der Waals surface area contributed by atoms with E-state index in [4.69, 9.17) is 4.74 Å². The van der Waals surface area contributed by atoms with Gasteiger partial charge in [-0.2, -0.15) is 0 Å². The lowest BCUT2D eigenvalue weighted by Crippen LogP contribution is -2.18. The molecule has 106 valence electrons. The summed E-state index contributed by atoms with van der Waals surface area (Å²) in [5.74, 6) is 0.941. The Morgan fingerprint density at radius 1 is 1.25 bits per heavy atom. The lowest BCUT2D eigenvalue weighted by Gasteiger charge is -2.20. The first kappa shape index (κ1) is 14.5. The van der Waals surface area contributed by atoms with Crippen LogP contribution in [0.25, 0.3) is 0 Å². The van der Waals surface area contributed by atoms with Crippen LogP contribution in [0, 0.1) is 6.92 Å². The normalized spacial score (nSPS) is 12.2. The molecule has 2 aromatic rings. The fourth-order valence-corrected chi connectivity index (χ4v) is 2.42. The Labute approximate surface area is 121 Å². The van der Waals surface area contributed by atoms with Crippen LogP contribution in [0.1, 0.15) is 29.3 Å². The molecule has 1 aromatic carbocycles. The molecule has 2 rings (SSSR count). The van der Waals surface area contributed by atoms with E-state index in [-0.39, 0.29) is 6.04 Å². The van der Waals surface area contributed by atoms with Crippen molar-refractivity contribution in [1.29, 1.82) is 0 Å². The SMILES string of the molecule is CNC(CCc1ccccn1)c1cc(C)ccc1OC. The average molecular weight is 270 g/mol. The predicted molar refractivity (Wildman–Crippen MR) is 82.1 cm³/mol. The molecule has 0 spiro atoms. The highest BCUT2D eigenvalue weighted by molar-refractivity contribution is 5.39. The van der Waals surface area contributed by atoms with E-state index >= 15 is 0 Å². The molecule has 3 nitrogen and oxygen atoms in total. The molecule has 0 bridgehead atoms. The molecule has 1 unspecified atom stereocenters. The number of nitrogens with one attached hydrogen (secondary N) is 1. The fraction of sp³-hybridized carbons (Fsp3) is 0.353. The van der Waals surface area contributed by atoms with Crippen LogP contribution >= 0.6 is 0 Å². The second-order valence-electron chi connectivity index (χ2n) is 4.95. The minimum Gasteiger partial charge on any atom is -0.496 e. The van der Waals surface area contributed by atoms with Gasteiger partial charge in [-0.15, -0.1) is 0 Å². The quantitative estimate of drug-likeness (QED) is 0.874. The molecule has 0 aliphatic rings. The van der Waals surface area contributed by atoms with E-state index < -0.39 is 0 Å². The number of aromatic nitrogens is 1. The van der Waals surface area contributed by atoms with Crippen molar-refractivity contribution in [2.75, 3.05) is 14.2 Å². The third kappa shape index (κ3) is 3.58. The number of ether oxygens (including phenoxy) is 1. The van der Waals surface area contributed by atoms with Crippen LogP contribution < -0.4 is 10.1 Å². The lowest BCUT2D eigenvalue weighted by atomic mass is 9.98. The van der Waals surface area contributed by atoms with Gasteiger partial charge < -0.3 is 10.1 Å². The van der Waals surface area contributed by atoms with Gasteiger partial charge in [-0.3, -0.25) is 4.98 Å². The molecule has 20 heavy (non-hydrogen) atoms. The summed E-state index contributed by atoms with van der Waals surface area (Å²) in [5, 5.41) is 3.38. The van der Waals surface area contributed by atoms with E-state index in [1.54, 1.807) is 7.11 Å². The molecule has 1 heterocycles. The van der Waals surface area contributed by atoms with Crippen LogP contribution in [0.15, 0.2) is 42.6 Å². The molecule has 1 atom stereocenters. The van der Waals surface area contributed by atoms with E-state index in [1.165, 1.54) is 11.1 Å². The summed E-state index contributed by atoms with van der Waals surface area (Å²) in [6.45, 7) is 2.11. The number of methoxy groups -OCH3 is 1. The van der Waals surface area contributed by atoms with E-state index in [0.717, 1.165) is 24.3 Å². The van der Waals surface area contributed by atoms with E-state index in [0.29, 0.717) is 0 Å². The van der Waals surface area contributed by atoms with Gasteiger partial charge >= 0.3 is 0 Å². The Morgan fingerprint density at radius 3 is 2.75 bits per heavy atom. The number of hydrogen-bond acceptors (Lipinski definition) is 3. The summed E-state index contributed by atoms with van der Waals surface area (Å²) in [7, 11) is 3.71. The smallest absolute Gasteiger partial charge is 0.123 e. The van der Waals surface area contributed by atoms with Crippen molar-refractivity contribution in [3.05, 3.63) is 59.4 Å². The number of hydrogen-bond donors (Lipinski definition) is 1. The average Bonchev–Trinajstić information content (AvgIpc) is 2.49. The maximum atomic E-state index is 5.48. The Balaban J connectivity index is 2.14. The zero-order chi connectivity index (χ0) is 14.4. The van der Waals surface area contributed by atoms with Crippen molar-refractivity contribution < 1.29 is 4.74 Å². The van der Waals surface area contributed by atoms with Gasteiger partial charge in [-0.1, -0.05) is 23.8 Å². The van der Waals surface area contributed by atoms with Crippen LogP contribution in [-0.2, 0) is 6.42 Å². The van der Waals surface area contributed by atoms with Crippen LogP contribution in [0.4, 0.5) is 0 Å². The van der Waals surface area contributed by atoms with Gasteiger partial charge in [-0.25, -0.2) is 0 Å². The van der Waals surface area contributed by atoms with Gasteiger partial charge in [0.25, 0.3) is 0 Å². The first-order chi connectivity index (χ1) is 9.74. The van der Waals surface area contributed by atoms with Crippen molar-refractivity contribution in [3.63, 3.8) is 0 Å². The summed E-state index contributed by atoms with van der Waals surface area (Å²) in [6.07, 6.45) is 3.79. The summed E-state index contributed by atoms with van der Waals surface area (Å²) in [4.78, 5) is 4.38. The van der Waals surface area contributed by atoms with Gasteiger partial charge in [0.1, 0.15) is 5.75 Å². The number of aryl methyl sites for hydroxylation is 2. The molecule has 0 saturated carbocycles. The Morgan fingerprint density at radius 2 is 2.10 bits per heavy atom. The van der Waals surface area contributed by atoms with Crippen LogP contribution in [-0.4, -0.2) is 19.1 Å². The first-order valence-corrected chi connectivity index (χ1v) is 6.96. The second kappa shape index (κ2) is 7.06. The van der Waals surface area contributed by atoms with Crippen LogP contribution in [0.3, 0.4) is 0 Å². The number of rotatable bonds is 6. The second-order valence-corrected chi connectivity index (χ2v) is 4.95. The molecule has 1 aromatic heterocycles. The van der Waals surface area contributed by atoms with Crippen molar-refractivity contribution in [3.8, 4) is 5.75 Å². The minimum atomic E-state index is 0.270. The van der Waals surface area contributed by atoms with Gasteiger partial charge in [0.2, 0.25) is 0 Å².